The Morgan fingerprint density at radius 2 is 1.74 bits per heavy atom. The van der Waals surface area contributed by atoms with Gasteiger partial charge in [0.1, 0.15) is 12.1 Å². The highest BCUT2D eigenvalue weighted by Gasteiger charge is 2.36. The average molecular weight is 320 g/mol. The number of nitrogens with one attached hydrogen (secondary N) is 1. The lowest BCUT2D eigenvalue weighted by Crippen LogP contribution is -2.55. The van der Waals surface area contributed by atoms with Crippen molar-refractivity contribution in [3.8, 4) is 0 Å². The van der Waals surface area contributed by atoms with Crippen LogP contribution in [0, 0.1) is 0 Å². The number of carbonyl (C=O) groups is 3. The summed E-state index contributed by atoms with van der Waals surface area (Å²) < 4.78 is 0. The van der Waals surface area contributed by atoms with E-state index in [9.17, 15) is 19.5 Å². The third-order valence-corrected chi connectivity index (χ3v) is 4.06. The SMILES string of the molecule is CC(N[C@@H](C)C(=O)O)C(=O)N1Cc2ccccc2C[C@H]1C(=O)O. The van der Waals surface area contributed by atoms with E-state index < -0.39 is 36.0 Å². The van der Waals surface area contributed by atoms with E-state index in [1.54, 1.807) is 6.92 Å². The minimum absolute atomic E-state index is 0.208. The molecular weight excluding hydrogens is 300 g/mol. The Morgan fingerprint density at radius 3 is 2.30 bits per heavy atom. The largest absolute Gasteiger partial charge is 0.480 e. The summed E-state index contributed by atoms with van der Waals surface area (Å²) in [6, 6.07) is 4.79. The fourth-order valence-electron chi connectivity index (χ4n) is 2.74. The highest BCUT2D eigenvalue weighted by atomic mass is 16.4. The molecule has 0 aliphatic carbocycles. The van der Waals surface area contributed by atoms with Crippen molar-refractivity contribution in [2.45, 2.75) is 44.9 Å². The van der Waals surface area contributed by atoms with E-state index in [-0.39, 0.29) is 13.0 Å². The van der Waals surface area contributed by atoms with E-state index in [1.807, 2.05) is 24.3 Å². The quantitative estimate of drug-likeness (QED) is 0.728. The van der Waals surface area contributed by atoms with Gasteiger partial charge in [0.2, 0.25) is 5.91 Å². The number of nitrogens with zero attached hydrogens (tertiary/aromatic N) is 1. The molecule has 3 atom stereocenters. The number of hydrogen-bond donors (Lipinski definition) is 3. The molecule has 124 valence electrons. The topological polar surface area (TPSA) is 107 Å². The second-order valence-electron chi connectivity index (χ2n) is 5.74. The molecule has 1 aliphatic rings. The van der Waals surface area contributed by atoms with Crippen LogP contribution in [0.3, 0.4) is 0 Å². The first kappa shape index (κ1) is 17.0. The molecule has 0 aromatic heterocycles. The highest BCUT2D eigenvalue weighted by molar-refractivity contribution is 5.88. The van der Waals surface area contributed by atoms with E-state index in [1.165, 1.54) is 11.8 Å². The minimum Gasteiger partial charge on any atom is -0.480 e. The number of benzene rings is 1. The van der Waals surface area contributed by atoms with Gasteiger partial charge in [0.05, 0.1) is 6.04 Å². The van der Waals surface area contributed by atoms with Gasteiger partial charge in [-0.3, -0.25) is 14.9 Å². The molecule has 7 nitrogen and oxygen atoms in total. The molecule has 1 aromatic carbocycles. The van der Waals surface area contributed by atoms with Crippen LogP contribution < -0.4 is 5.32 Å². The highest BCUT2D eigenvalue weighted by Crippen LogP contribution is 2.24. The van der Waals surface area contributed by atoms with Crippen LogP contribution in [0.15, 0.2) is 24.3 Å². The maximum Gasteiger partial charge on any atom is 0.326 e. The molecular formula is C16H20N2O5. The monoisotopic (exact) mass is 320 g/mol. The lowest BCUT2D eigenvalue weighted by atomic mass is 9.93. The van der Waals surface area contributed by atoms with Gasteiger partial charge in [-0.15, -0.1) is 0 Å². The van der Waals surface area contributed by atoms with Gasteiger partial charge in [-0.1, -0.05) is 24.3 Å². The second-order valence-corrected chi connectivity index (χ2v) is 5.74. The van der Waals surface area contributed by atoms with Gasteiger partial charge in [-0.2, -0.15) is 0 Å². The number of amides is 1. The minimum atomic E-state index is -1.07. The molecule has 3 N–H and O–H groups in total. The first-order valence-corrected chi connectivity index (χ1v) is 7.40. The normalized spacial score (nSPS) is 19.6. The summed E-state index contributed by atoms with van der Waals surface area (Å²) in [6.07, 6.45) is 0.248. The molecule has 0 saturated carbocycles. The van der Waals surface area contributed by atoms with Gasteiger partial charge < -0.3 is 15.1 Å². The lowest BCUT2D eigenvalue weighted by molar-refractivity contribution is -0.152. The van der Waals surface area contributed by atoms with Crippen molar-refractivity contribution in [3.05, 3.63) is 35.4 Å². The van der Waals surface area contributed by atoms with Crippen molar-refractivity contribution in [2.75, 3.05) is 0 Å². The summed E-state index contributed by atoms with van der Waals surface area (Å²) in [4.78, 5) is 36.3. The first-order valence-electron chi connectivity index (χ1n) is 7.40. The van der Waals surface area contributed by atoms with Crippen LogP contribution in [0.25, 0.3) is 0 Å². The Hall–Kier alpha value is -2.41. The van der Waals surface area contributed by atoms with E-state index in [0.717, 1.165) is 11.1 Å². The van der Waals surface area contributed by atoms with Gasteiger partial charge in [-0.25, -0.2) is 4.79 Å². The van der Waals surface area contributed by atoms with Crippen molar-refractivity contribution >= 4 is 17.8 Å². The third-order valence-electron chi connectivity index (χ3n) is 4.06. The Bertz CT molecular complexity index is 631. The van der Waals surface area contributed by atoms with Crippen molar-refractivity contribution < 1.29 is 24.6 Å². The number of carboxylic acid groups (broad SMARTS) is 2. The third kappa shape index (κ3) is 3.68. The zero-order chi connectivity index (χ0) is 17.1. The molecule has 0 bridgehead atoms. The van der Waals surface area contributed by atoms with Crippen LogP contribution >= 0.6 is 0 Å². The van der Waals surface area contributed by atoms with Gasteiger partial charge >= 0.3 is 11.9 Å². The first-order chi connectivity index (χ1) is 10.8. The number of carbonyl (C=O) groups excluding carboxylic acids is 1. The van der Waals surface area contributed by atoms with E-state index >= 15 is 0 Å². The average Bonchev–Trinajstić information content (AvgIpc) is 2.52. The van der Waals surface area contributed by atoms with Crippen LogP contribution in [0.1, 0.15) is 25.0 Å². The van der Waals surface area contributed by atoms with Crippen molar-refractivity contribution in [1.82, 2.24) is 10.2 Å². The Morgan fingerprint density at radius 1 is 1.13 bits per heavy atom. The molecule has 1 aromatic rings. The van der Waals surface area contributed by atoms with E-state index in [0.29, 0.717) is 0 Å². The fourth-order valence-corrected chi connectivity index (χ4v) is 2.74. The maximum absolute atomic E-state index is 12.6. The molecule has 0 saturated heterocycles. The fraction of sp³-hybridized carbons (Fsp3) is 0.438. The predicted molar refractivity (Wildman–Crippen MR) is 81.8 cm³/mol. The standard InChI is InChI=1S/C16H20N2O5/c1-9(17-10(2)15(20)21)14(19)18-8-12-6-4-3-5-11(12)7-13(18)16(22)23/h3-6,9-10,13,17H,7-8H2,1-2H3,(H,20,21)(H,22,23)/t9?,10-,13-/m0/s1. The second kappa shape index (κ2) is 6.78. The molecule has 23 heavy (non-hydrogen) atoms. The van der Waals surface area contributed by atoms with Crippen molar-refractivity contribution in [1.29, 1.82) is 0 Å². The molecule has 2 rings (SSSR count). The Labute approximate surface area is 133 Å². The van der Waals surface area contributed by atoms with Gasteiger partial charge in [-0.05, 0) is 25.0 Å². The van der Waals surface area contributed by atoms with Crippen LogP contribution in [-0.4, -0.2) is 51.1 Å². The van der Waals surface area contributed by atoms with Crippen LogP contribution in [-0.2, 0) is 27.3 Å². The maximum atomic E-state index is 12.6. The predicted octanol–water partition coefficient (Wildman–Crippen LogP) is 0.476. The number of carboxylic acids is 2. The molecule has 1 heterocycles. The Balaban J connectivity index is 2.20. The van der Waals surface area contributed by atoms with Crippen molar-refractivity contribution in [2.24, 2.45) is 0 Å². The van der Waals surface area contributed by atoms with Crippen LogP contribution in [0.2, 0.25) is 0 Å². The molecule has 0 fully saturated rings. The summed E-state index contributed by atoms with van der Waals surface area (Å²) in [7, 11) is 0. The van der Waals surface area contributed by atoms with Gasteiger partial charge in [0, 0.05) is 13.0 Å². The van der Waals surface area contributed by atoms with Crippen LogP contribution in [0.5, 0.6) is 0 Å². The summed E-state index contributed by atoms with van der Waals surface area (Å²) in [6.45, 7) is 3.19. The molecule has 0 radical (unpaired) electrons. The molecule has 1 amide bonds. The molecule has 0 spiro atoms. The summed E-state index contributed by atoms with van der Waals surface area (Å²) >= 11 is 0. The van der Waals surface area contributed by atoms with Gasteiger partial charge in [0.15, 0.2) is 0 Å². The van der Waals surface area contributed by atoms with Gasteiger partial charge in [0.25, 0.3) is 0 Å². The van der Waals surface area contributed by atoms with Crippen molar-refractivity contribution in [3.63, 3.8) is 0 Å². The lowest BCUT2D eigenvalue weighted by Gasteiger charge is -2.36. The van der Waals surface area contributed by atoms with E-state index in [4.69, 9.17) is 5.11 Å². The number of rotatable bonds is 5. The zero-order valence-corrected chi connectivity index (χ0v) is 13.0. The van der Waals surface area contributed by atoms with E-state index in [2.05, 4.69) is 5.32 Å². The molecule has 7 heteroatoms. The van der Waals surface area contributed by atoms with Crippen LogP contribution in [0.4, 0.5) is 0 Å². The number of hydrogen-bond acceptors (Lipinski definition) is 4. The summed E-state index contributed by atoms with van der Waals surface area (Å²) in [5, 5.41) is 21.0. The molecule has 1 aliphatic heterocycles. The number of aliphatic carboxylic acids is 2. The summed E-state index contributed by atoms with van der Waals surface area (Å²) in [5.41, 5.74) is 1.83. The smallest absolute Gasteiger partial charge is 0.326 e. The Kier molecular flexibility index (Phi) is 5.00. The number of fused-ring (bicyclic) bond motifs is 1. The summed E-state index contributed by atoms with van der Waals surface area (Å²) in [5.74, 6) is -2.55. The molecule has 1 unspecified atom stereocenters. The zero-order valence-electron chi connectivity index (χ0n) is 13.0.